The van der Waals surface area contributed by atoms with Crippen LogP contribution in [0.4, 0.5) is 5.82 Å². The Bertz CT molecular complexity index is 539. The van der Waals surface area contributed by atoms with Crippen LogP contribution in [0.2, 0.25) is 0 Å². The average Bonchev–Trinajstić information content (AvgIpc) is 2.46. The van der Waals surface area contributed by atoms with E-state index in [0.29, 0.717) is 0 Å². The quantitative estimate of drug-likeness (QED) is 0.873. The molecule has 0 bridgehead atoms. The van der Waals surface area contributed by atoms with E-state index in [1.54, 1.807) is 0 Å². The van der Waals surface area contributed by atoms with Gasteiger partial charge in [0.15, 0.2) is 0 Å². The SMILES string of the molecule is CNCc1cnc(N(C)CCc2ccncc2)c(C)c1. The molecule has 2 aromatic heterocycles. The highest BCUT2D eigenvalue weighted by Crippen LogP contribution is 2.17. The maximum atomic E-state index is 4.58. The fraction of sp³-hybridized carbons (Fsp3) is 0.375. The van der Waals surface area contributed by atoms with Gasteiger partial charge in [-0.25, -0.2) is 4.98 Å². The van der Waals surface area contributed by atoms with Crippen LogP contribution in [0.1, 0.15) is 16.7 Å². The molecule has 4 heteroatoms. The van der Waals surface area contributed by atoms with Crippen molar-refractivity contribution in [2.24, 2.45) is 0 Å². The van der Waals surface area contributed by atoms with E-state index in [2.05, 4.69) is 52.4 Å². The number of aryl methyl sites for hydroxylation is 1. The molecular formula is C16H22N4. The van der Waals surface area contributed by atoms with E-state index in [-0.39, 0.29) is 0 Å². The average molecular weight is 270 g/mol. The number of pyridine rings is 2. The Balaban J connectivity index is 2.00. The van der Waals surface area contributed by atoms with Gasteiger partial charge in [-0.1, -0.05) is 0 Å². The molecular weight excluding hydrogens is 248 g/mol. The van der Waals surface area contributed by atoms with Gasteiger partial charge in [0.1, 0.15) is 5.82 Å². The summed E-state index contributed by atoms with van der Waals surface area (Å²) in [5.74, 6) is 1.05. The van der Waals surface area contributed by atoms with Crippen molar-refractivity contribution >= 4 is 5.82 Å². The Kier molecular flexibility index (Phi) is 5.07. The minimum atomic E-state index is 0.856. The van der Waals surface area contributed by atoms with Gasteiger partial charge in [-0.05, 0) is 55.3 Å². The predicted octanol–water partition coefficient (Wildman–Crippen LogP) is 2.18. The summed E-state index contributed by atoms with van der Waals surface area (Å²) >= 11 is 0. The van der Waals surface area contributed by atoms with E-state index in [4.69, 9.17) is 0 Å². The minimum absolute atomic E-state index is 0.856. The lowest BCUT2D eigenvalue weighted by Gasteiger charge is -2.20. The predicted molar refractivity (Wildman–Crippen MR) is 82.9 cm³/mol. The van der Waals surface area contributed by atoms with Crippen LogP contribution in [0, 0.1) is 6.92 Å². The van der Waals surface area contributed by atoms with Crippen molar-refractivity contribution in [2.45, 2.75) is 19.9 Å². The van der Waals surface area contributed by atoms with Crippen molar-refractivity contribution in [2.75, 3.05) is 25.5 Å². The van der Waals surface area contributed by atoms with E-state index in [9.17, 15) is 0 Å². The highest BCUT2D eigenvalue weighted by molar-refractivity contribution is 5.46. The summed E-state index contributed by atoms with van der Waals surface area (Å²) < 4.78 is 0. The topological polar surface area (TPSA) is 41.1 Å². The summed E-state index contributed by atoms with van der Waals surface area (Å²) in [5, 5.41) is 3.15. The first-order chi connectivity index (χ1) is 9.70. The lowest BCUT2D eigenvalue weighted by molar-refractivity contribution is 0.805. The maximum absolute atomic E-state index is 4.58. The Labute approximate surface area is 120 Å². The summed E-state index contributed by atoms with van der Waals surface area (Å²) in [7, 11) is 4.04. The second-order valence-corrected chi connectivity index (χ2v) is 5.04. The van der Waals surface area contributed by atoms with E-state index in [1.807, 2.05) is 25.6 Å². The normalized spacial score (nSPS) is 10.6. The van der Waals surface area contributed by atoms with Crippen LogP contribution in [0.25, 0.3) is 0 Å². The number of nitrogens with one attached hydrogen (secondary N) is 1. The molecule has 4 nitrogen and oxygen atoms in total. The molecule has 0 amide bonds. The summed E-state index contributed by atoms with van der Waals surface area (Å²) in [4.78, 5) is 10.8. The summed E-state index contributed by atoms with van der Waals surface area (Å²) in [6, 6.07) is 6.32. The second-order valence-electron chi connectivity index (χ2n) is 5.04. The molecule has 0 fully saturated rings. The zero-order valence-electron chi connectivity index (χ0n) is 12.4. The van der Waals surface area contributed by atoms with Crippen LogP contribution in [-0.2, 0) is 13.0 Å². The molecule has 20 heavy (non-hydrogen) atoms. The van der Waals surface area contributed by atoms with E-state index in [1.165, 1.54) is 16.7 Å². The van der Waals surface area contributed by atoms with Crippen LogP contribution in [-0.4, -0.2) is 30.6 Å². The number of hydrogen-bond donors (Lipinski definition) is 1. The molecule has 0 radical (unpaired) electrons. The molecule has 0 saturated carbocycles. The fourth-order valence-electron chi connectivity index (χ4n) is 2.28. The first-order valence-electron chi connectivity index (χ1n) is 6.91. The van der Waals surface area contributed by atoms with Crippen LogP contribution in [0.5, 0.6) is 0 Å². The van der Waals surface area contributed by atoms with Gasteiger partial charge in [0.25, 0.3) is 0 Å². The molecule has 1 N–H and O–H groups in total. The molecule has 2 heterocycles. The Morgan fingerprint density at radius 3 is 2.60 bits per heavy atom. The minimum Gasteiger partial charge on any atom is -0.359 e. The fourth-order valence-corrected chi connectivity index (χ4v) is 2.28. The summed E-state index contributed by atoms with van der Waals surface area (Å²) in [6.45, 7) is 3.92. The largest absolute Gasteiger partial charge is 0.359 e. The van der Waals surface area contributed by atoms with Crippen LogP contribution in [0.15, 0.2) is 36.8 Å². The molecule has 0 unspecified atom stereocenters. The van der Waals surface area contributed by atoms with Gasteiger partial charge in [0.05, 0.1) is 0 Å². The first-order valence-corrected chi connectivity index (χ1v) is 6.91. The van der Waals surface area contributed by atoms with Gasteiger partial charge in [-0.3, -0.25) is 4.98 Å². The van der Waals surface area contributed by atoms with Crippen LogP contribution >= 0.6 is 0 Å². The third-order valence-electron chi connectivity index (χ3n) is 3.33. The lowest BCUT2D eigenvalue weighted by atomic mass is 10.1. The molecule has 0 aromatic carbocycles. The maximum Gasteiger partial charge on any atom is 0.131 e. The van der Waals surface area contributed by atoms with Gasteiger partial charge in [-0.2, -0.15) is 0 Å². The highest BCUT2D eigenvalue weighted by Gasteiger charge is 2.07. The zero-order chi connectivity index (χ0) is 14.4. The van der Waals surface area contributed by atoms with E-state index in [0.717, 1.165) is 25.3 Å². The van der Waals surface area contributed by atoms with Crippen molar-refractivity contribution < 1.29 is 0 Å². The van der Waals surface area contributed by atoms with Crippen molar-refractivity contribution in [1.82, 2.24) is 15.3 Å². The van der Waals surface area contributed by atoms with Crippen molar-refractivity contribution in [3.05, 3.63) is 53.5 Å². The molecule has 106 valence electrons. The zero-order valence-corrected chi connectivity index (χ0v) is 12.4. The molecule has 0 spiro atoms. The van der Waals surface area contributed by atoms with E-state index >= 15 is 0 Å². The third-order valence-corrected chi connectivity index (χ3v) is 3.33. The number of anilines is 1. The molecule has 0 saturated heterocycles. The Hall–Kier alpha value is -1.94. The van der Waals surface area contributed by atoms with Crippen LogP contribution in [0.3, 0.4) is 0 Å². The van der Waals surface area contributed by atoms with Crippen LogP contribution < -0.4 is 10.2 Å². The van der Waals surface area contributed by atoms with Gasteiger partial charge in [-0.15, -0.1) is 0 Å². The molecule has 0 aliphatic heterocycles. The molecule has 0 aliphatic carbocycles. The number of likely N-dealkylation sites (N-methyl/N-ethyl adjacent to an activating group) is 1. The smallest absolute Gasteiger partial charge is 0.131 e. The first kappa shape index (κ1) is 14.5. The van der Waals surface area contributed by atoms with Crippen molar-refractivity contribution in [3.63, 3.8) is 0 Å². The summed E-state index contributed by atoms with van der Waals surface area (Å²) in [6.07, 6.45) is 6.62. The van der Waals surface area contributed by atoms with Crippen molar-refractivity contribution in [3.8, 4) is 0 Å². The number of hydrogen-bond acceptors (Lipinski definition) is 4. The number of rotatable bonds is 6. The lowest BCUT2D eigenvalue weighted by Crippen LogP contribution is -2.22. The van der Waals surface area contributed by atoms with Gasteiger partial charge < -0.3 is 10.2 Å². The molecule has 2 aromatic rings. The standard InChI is InChI=1S/C16H22N4/c1-13-10-15(11-17-2)12-19-16(13)20(3)9-6-14-4-7-18-8-5-14/h4-5,7-8,10,12,17H,6,9,11H2,1-3H3. The van der Waals surface area contributed by atoms with Gasteiger partial charge in [0.2, 0.25) is 0 Å². The highest BCUT2D eigenvalue weighted by atomic mass is 15.2. The second kappa shape index (κ2) is 7.01. The summed E-state index contributed by atoms with van der Waals surface area (Å²) in [5.41, 5.74) is 3.74. The van der Waals surface area contributed by atoms with Gasteiger partial charge in [0, 0.05) is 38.7 Å². The van der Waals surface area contributed by atoms with Crippen molar-refractivity contribution in [1.29, 1.82) is 0 Å². The number of aromatic nitrogens is 2. The van der Waals surface area contributed by atoms with E-state index < -0.39 is 0 Å². The Morgan fingerprint density at radius 1 is 1.20 bits per heavy atom. The number of nitrogens with zero attached hydrogens (tertiary/aromatic N) is 3. The molecule has 0 atom stereocenters. The molecule has 0 aliphatic rings. The van der Waals surface area contributed by atoms with Gasteiger partial charge >= 0.3 is 0 Å². The monoisotopic (exact) mass is 270 g/mol. The molecule has 2 rings (SSSR count). The third kappa shape index (κ3) is 3.78. The Morgan fingerprint density at radius 2 is 1.95 bits per heavy atom.